The van der Waals surface area contributed by atoms with Gasteiger partial charge in [0.15, 0.2) is 11.5 Å². The summed E-state index contributed by atoms with van der Waals surface area (Å²) >= 11 is 0. The van der Waals surface area contributed by atoms with Crippen molar-refractivity contribution in [3.8, 4) is 17.2 Å². The normalized spacial score (nSPS) is 17.3. The van der Waals surface area contributed by atoms with Gasteiger partial charge in [0.2, 0.25) is 0 Å². The number of carbonyl (C=O) groups excluding carboxylic acids is 2. The Bertz CT molecular complexity index is 1270. The molecular formula is C25H22N2O6. The maximum absolute atomic E-state index is 13.2. The first-order valence-electron chi connectivity index (χ1n) is 10.1. The van der Waals surface area contributed by atoms with E-state index in [-0.39, 0.29) is 28.3 Å². The Balaban J connectivity index is 1.96. The quantitative estimate of drug-likeness (QED) is 0.349. The third-order valence-electron chi connectivity index (χ3n) is 5.46. The highest BCUT2D eigenvalue weighted by atomic mass is 16.5. The maximum atomic E-state index is 13.2. The van der Waals surface area contributed by atoms with Gasteiger partial charge < -0.3 is 19.7 Å². The molecule has 3 aromatic rings. The lowest BCUT2D eigenvalue weighted by atomic mass is 9.98. The molecule has 0 spiro atoms. The average Bonchev–Trinajstić information content (AvgIpc) is 3.10. The van der Waals surface area contributed by atoms with E-state index in [0.29, 0.717) is 17.2 Å². The van der Waals surface area contributed by atoms with Crippen molar-refractivity contribution in [2.75, 3.05) is 19.1 Å². The fourth-order valence-electron chi connectivity index (χ4n) is 3.86. The fraction of sp³-hybridized carbons (Fsp3) is 0.160. The number of pyridine rings is 1. The van der Waals surface area contributed by atoms with Gasteiger partial charge in [0.1, 0.15) is 17.6 Å². The molecule has 1 aliphatic rings. The molecule has 8 nitrogen and oxygen atoms in total. The summed E-state index contributed by atoms with van der Waals surface area (Å²) < 4.78 is 10.5. The van der Waals surface area contributed by atoms with Gasteiger partial charge >= 0.3 is 0 Å². The van der Waals surface area contributed by atoms with Crippen LogP contribution in [0.5, 0.6) is 17.2 Å². The number of aryl methyl sites for hydroxylation is 1. The lowest BCUT2D eigenvalue weighted by Crippen LogP contribution is -2.30. The molecule has 0 aliphatic carbocycles. The van der Waals surface area contributed by atoms with E-state index in [4.69, 9.17) is 9.47 Å². The summed E-state index contributed by atoms with van der Waals surface area (Å²) in [6.07, 6.45) is 1.53. The number of rotatable bonds is 5. The Hall–Kier alpha value is -4.33. The van der Waals surface area contributed by atoms with E-state index < -0.39 is 17.7 Å². The molecule has 1 fully saturated rings. The summed E-state index contributed by atoms with van der Waals surface area (Å²) in [5.41, 5.74) is 1.41. The zero-order valence-electron chi connectivity index (χ0n) is 18.3. The standard InChI is InChI=1S/C25H22N2O6/c1-14-7-9-18(28)17(12-14)27-22(16-6-4-5-11-26-16)21(24(30)25(27)31)23(29)15-8-10-19(32-2)20(13-15)33-3/h4-13,22,28-29H,1-3H3/b23-21-. The molecule has 4 rings (SSSR count). The zero-order valence-corrected chi connectivity index (χ0v) is 18.3. The first-order valence-corrected chi connectivity index (χ1v) is 10.1. The van der Waals surface area contributed by atoms with E-state index in [0.717, 1.165) is 5.56 Å². The van der Waals surface area contributed by atoms with E-state index in [9.17, 15) is 19.8 Å². The first kappa shape index (κ1) is 21.9. The smallest absolute Gasteiger partial charge is 0.300 e. The van der Waals surface area contributed by atoms with Crippen molar-refractivity contribution in [3.05, 3.63) is 83.2 Å². The molecule has 1 aliphatic heterocycles. The van der Waals surface area contributed by atoms with Crippen LogP contribution in [0.1, 0.15) is 22.9 Å². The van der Waals surface area contributed by atoms with Crippen LogP contribution in [0, 0.1) is 6.92 Å². The van der Waals surface area contributed by atoms with Crippen LogP contribution in [0.4, 0.5) is 5.69 Å². The number of carbonyl (C=O) groups is 2. The molecule has 1 saturated heterocycles. The highest BCUT2D eigenvalue weighted by Gasteiger charge is 2.48. The zero-order chi connectivity index (χ0) is 23.7. The second-order valence-corrected chi connectivity index (χ2v) is 7.49. The monoisotopic (exact) mass is 446 g/mol. The molecule has 0 bridgehead atoms. The molecule has 8 heteroatoms. The second kappa shape index (κ2) is 8.66. The van der Waals surface area contributed by atoms with Crippen LogP contribution in [-0.2, 0) is 9.59 Å². The van der Waals surface area contributed by atoms with Gasteiger partial charge in [-0.15, -0.1) is 0 Å². The second-order valence-electron chi connectivity index (χ2n) is 7.49. The maximum Gasteiger partial charge on any atom is 0.300 e. The van der Waals surface area contributed by atoms with Gasteiger partial charge in [-0.05, 0) is 55.0 Å². The Labute approximate surface area is 190 Å². The van der Waals surface area contributed by atoms with Gasteiger partial charge in [0.25, 0.3) is 11.7 Å². The van der Waals surface area contributed by atoms with Crippen LogP contribution < -0.4 is 14.4 Å². The van der Waals surface area contributed by atoms with Crippen LogP contribution in [0.2, 0.25) is 0 Å². The number of aliphatic hydroxyl groups is 1. The number of phenols is 1. The molecule has 0 radical (unpaired) electrons. The van der Waals surface area contributed by atoms with E-state index in [2.05, 4.69) is 4.98 Å². The summed E-state index contributed by atoms with van der Waals surface area (Å²) in [6, 6.07) is 13.4. The molecule has 1 unspecified atom stereocenters. The molecule has 168 valence electrons. The van der Waals surface area contributed by atoms with E-state index in [1.54, 1.807) is 49.4 Å². The molecule has 1 aromatic heterocycles. The Morgan fingerprint density at radius 3 is 2.42 bits per heavy atom. The average molecular weight is 446 g/mol. The number of anilines is 1. The molecule has 1 atom stereocenters. The van der Waals surface area contributed by atoms with Crippen LogP contribution in [0.25, 0.3) is 5.76 Å². The molecule has 2 aromatic carbocycles. The lowest BCUT2D eigenvalue weighted by Gasteiger charge is -2.25. The number of ether oxygens (including phenoxy) is 2. The topological polar surface area (TPSA) is 109 Å². The van der Waals surface area contributed by atoms with Gasteiger partial charge in [0, 0.05) is 11.8 Å². The van der Waals surface area contributed by atoms with Crippen molar-refractivity contribution in [2.24, 2.45) is 0 Å². The van der Waals surface area contributed by atoms with Crippen molar-refractivity contribution >= 4 is 23.1 Å². The van der Waals surface area contributed by atoms with Gasteiger partial charge in [0.05, 0.1) is 31.2 Å². The van der Waals surface area contributed by atoms with Gasteiger partial charge in [-0.1, -0.05) is 12.1 Å². The number of ketones is 1. The minimum Gasteiger partial charge on any atom is -0.507 e. The third-order valence-corrected chi connectivity index (χ3v) is 5.46. The van der Waals surface area contributed by atoms with E-state index in [1.165, 1.54) is 37.4 Å². The Kier molecular flexibility index (Phi) is 5.74. The summed E-state index contributed by atoms with van der Waals surface area (Å²) in [7, 11) is 2.94. The summed E-state index contributed by atoms with van der Waals surface area (Å²) in [5.74, 6) is -1.54. The summed E-state index contributed by atoms with van der Waals surface area (Å²) in [5, 5.41) is 21.7. The number of phenolic OH excluding ortho intramolecular Hbond substituents is 1. The molecule has 0 saturated carbocycles. The van der Waals surface area contributed by atoms with Crippen LogP contribution in [0.15, 0.2) is 66.4 Å². The lowest BCUT2D eigenvalue weighted by molar-refractivity contribution is -0.132. The fourth-order valence-corrected chi connectivity index (χ4v) is 3.86. The van der Waals surface area contributed by atoms with E-state index in [1.807, 2.05) is 0 Å². The number of amides is 1. The number of aromatic nitrogens is 1. The van der Waals surface area contributed by atoms with Crippen molar-refractivity contribution in [1.82, 2.24) is 4.98 Å². The number of nitrogens with zero attached hydrogens (tertiary/aromatic N) is 2. The van der Waals surface area contributed by atoms with Gasteiger partial charge in [-0.3, -0.25) is 19.5 Å². The third kappa shape index (κ3) is 3.76. The van der Waals surface area contributed by atoms with Crippen molar-refractivity contribution in [1.29, 1.82) is 0 Å². The minimum atomic E-state index is -1.05. The number of Topliss-reactive ketones (excluding diaryl/α,β-unsaturated/α-hetero) is 1. The molecule has 33 heavy (non-hydrogen) atoms. The molecule has 2 heterocycles. The number of aliphatic hydroxyl groups excluding tert-OH is 1. The van der Waals surface area contributed by atoms with Crippen molar-refractivity contribution in [2.45, 2.75) is 13.0 Å². The minimum absolute atomic E-state index is 0.146. The predicted molar refractivity (Wildman–Crippen MR) is 121 cm³/mol. The highest BCUT2D eigenvalue weighted by molar-refractivity contribution is 6.51. The van der Waals surface area contributed by atoms with Crippen molar-refractivity contribution in [3.63, 3.8) is 0 Å². The Morgan fingerprint density at radius 2 is 1.76 bits per heavy atom. The number of benzene rings is 2. The Morgan fingerprint density at radius 1 is 1.00 bits per heavy atom. The number of aromatic hydroxyl groups is 1. The SMILES string of the molecule is COc1ccc(/C(O)=C2/C(=O)C(=O)N(c3cc(C)ccc3O)C2c2ccccn2)cc1OC. The largest absolute Gasteiger partial charge is 0.507 e. The van der Waals surface area contributed by atoms with E-state index >= 15 is 0 Å². The van der Waals surface area contributed by atoms with Crippen molar-refractivity contribution < 1.29 is 29.3 Å². The van der Waals surface area contributed by atoms with Gasteiger partial charge in [-0.25, -0.2) is 0 Å². The van der Waals surface area contributed by atoms with Crippen LogP contribution in [-0.4, -0.2) is 41.1 Å². The van der Waals surface area contributed by atoms with Crippen LogP contribution >= 0.6 is 0 Å². The first-order chi connectivity index (χ1) is 15.9. The predicted octanol–water partition coefficient (Wildman–Crippen LogP) is 3.74. The highest BCUT2D eigenvalue weighted by Crippen LogP contribution is 2.44. The number of hydrogen-bond donors (Lipinski definition) is 2. The van der Waals surface area contributed by atoms with Crippen LogP contribution in [0.3, 0.4) is 0 Å². The molecular weight excluding hydrogens is 424 g/mol. The van der Waals surface area contributed by atoms with Gasteiger partial charge in [-0.2, -0.15) is 0 Å². The molecule has 1 amide bonds. The summed E-state index contributed by atoms with van der Waals surface area (Å²) in [6.45, 7) is 1.80. The molecule has 2 N–H and O–H groups in total. The summed E-state index contributed by atoms with van der Waals surface area (Å²) in [4.78, 5) is 31.9. The number of hydrogen-bond acceptors (Lipinski definition) is 7. The number of methoxy groups -OCH3 is 2.